The minimum Gasteiger partial charge on any atom is -0.309 e. The maximum Gasteiger partial charge on any atom is 0.162 e. The number of aryl methyl sites for hydroxylation is 6. The topological polar surface area (TPSA) is 58.0 Å². The Morgan fingerprint density at radius 1 is 0.314 bits per heavy atom. The van der Waals surface area contributed by atoms with E-state index in [9.17, 15) is 0 Å². The zero-order valence-corrected chi connectivity index (χ0v) is 41.8. The van der Waals surface area contributed by atoms with E-state index in [1.807, 2.05) is 42.5 Å². The molecule has 0 N–H and O–H groups in total. The molecule has 0 atom stereocenters. The first-order valence-corrected chi connectivity index (χ1v) is 24.1. The summed E-state index contributed by atoms with van der Waals surface area (Å²) in [5.41, 5.74) is 21.9. The maximum absolute atomic E-state index is 5.61. The summed E-state index contributed by atoms with van der Waals surface area (Å²) < 4.78 is 0. The summed E-state index contributed by atoms with van der Waals surface area (Å²) in [4.78, 5) is 26.7. The van der Waals surface area contributed by atoms with Crippen LogP contribution in [0.2, 0.25) is 0 Å². The van der Waals surface area contributed by atoms with Crippen molar-refractivity contribution in [2.75, 3.05) is 9.80 Å². The Labute approximate surface area is 413 Å². The van der Waals surface area contributed by atoms with Gasteiger partial charge in [0, 0.05) is 34.4 Å². The molecule has 2 aromatic heterocycles. The molecule has 10 aromatic rings. The van der Waals surface area contributed by atoms with Crippen molar-refractivity contribution in [1.29, 1.82) is 0 Å². The van der Waals surface area contributed by atoms with Gasteiger partial charge in [0.15, 0.2) is 11.6 Å². The van der Waals surface area contributed by atoms with E-state index in [1.54, 1.807) is 0 Å². The van der Waals surface area contributed by atoms with E-state index in [0.717, 1.165) is 66.9 Å². The number of benzene rings is 8. The number of nitrogens with zero attached hydrogens (tertiary/aromatic N) is 6. The van der Waals surface area contributed by atoms with Gasteiger partial charge in [0.1, 0.15) is 11.6 Å². The monoisotopic (exact) mass is 910 g/mol. The minimum atomic E-state index is 0.615. The highest BCUT2D eigenvalue weighted by Crippen LogP contribution is 2.51. The van der Waals surface area contributed by atoms with Crippen molar-refractivity contribution in [2.45, 2.75) is 69.2 Å². The van der Waals surface area contributed by atoms with Gasteiger partial charge in [0.05, 0.1) is 34.1 Å². The standard InChI is InChI=1S/C64H58N6/c1-39-33-41(3)59(42(4)34-39)70(60-43(5)35-40(2)36-44(60)6)62-47(9)45(7)46(8)61(48(62)10)69(57-37-55(50-24-14-11-15-25-50)65-63(67-57)51-26-16-12-17-27-51)58-38-56(66-64(68-58)52-28-18-13-19-29-52)54-32-22-30-49-23-20-21-31-53(49)54/h11-38H,1-10H3. The lowest BCUT2D eigenvalue weighted by atomic mass is 9.91. The molecule has 344 valence electrons. The summed E-state index contributed by atoms with van der Waals surface area (Å²) in [5.74, 6) is 2.60. The Hall–Kier alpha value is -8.22. The zero-order chi connectivity index (χ0) is 48.8. The summed E-state index contributed by atoms with van der Waals surface area (Å²) in [6.07, 6.45) is 0. The molecule has 10 rings (SSSR count). The highest BCUT2D eigenvalue weighted by atomic mass is 15.3. The third-order valence-electron chi connectivity index (χ3n) is 13.8. The molecule has 0 fully saturated rings. The van der Waals surface area contributed by atoms with E-state index in [0.29, 0.717) is 23.3 Å². The lowest BCUT2D eigenvalue weighted by Gasteiger charge is -2.37. The second-order valence-electron chi connectivity index (χ2n) is 18.9. The highest BCUT2D eigenvalue weighted by molar-refractivity contribution is 5.98. The molecule has 0 aliphatic carbocycles. The third kappa shape index (κ3) is 8.40. The van der Waals surface area contributed by atoms with Crippen LogP contribution in [0.25, 0.3) is 56.1 Å². The van der Waals surface area contributed by atoms with Gasteiger partial charge in [-0.2, -0.15) is 0 Å². The van der Waals surface area contributed by atoms with Gasteiger partial charge >= 0.3 is 0 Å². The fourth-order valence-corrected chi connectivity index (χ4v) is 10.6. The Morgan fingerprint density at radius 3 is 1.24 bits per heavy atom. The van der Waals surface area contributed by atoms with Crippen LogP contribution in [-0.4, -0.2) is 19.9 Å². The minimum absolute atomic E-state index is 0.615. The van der Waals surface area contributed by atoms with Crippen LogP contribution in [0.3, 0.4) is 0 Å². The second-order valence-corrected chi connectivity index (χ2v) is 18.9. The van der Waals surface area contributed by atoms with Gasteiger partial charge in [0.25, 0.3) is 0 Å². The number of hydrogen-bond acceptors (Lipinski definition) is 6. The average Bonchev–Trinajstić information content (AvgIpc) is 3.36. The van der Waals surface area contributed by atoms with Crippen molar-refractivity contribution in [1.82, 2.24) is 19.9 Å². The van der Waals surface area contributed by atoms with Crippen LogP contribution >= 0.6 is 0 Å². The SMILES string of the molecule is Cc1cc(C)c(N(c2c(C)cc(C)cc2C)c2c(C)c(C)c(C)c(N(c3cc(-c4ccccc4)nc(-c4ccccc4)n3)c3cc(-c4cccc5ccccc45)nc(-c4ccccc4)n3)c2C)c(C)c1. The number of hydrogen-bond donors (Lipinski definition) is 0. The first kappa shape index (κ1) is 45.6. The van der Waals surface area contributed by atoms with Gasteiger partial charge in [-0.1, -0.05) is 169 Å². The van der Waals surface area contributed by atoms with Crippen molar-refractivity contribution >= 4 is 45.2 Å². The van der Waals surface area contributed by atoms with E-state index >= 15 is 0 Å². The van der Waals surface area contributed by atoms with Crippen LogP contribution in [-0.2, 0) is 0 Å². The van der Waals surface area contributed by atoms with Crippen LogP contribution in [0.4, 0.5) is 34.4 Å². The molecule has 6 nitrogen and oxygen atoms in total. The summed E-state index contributed by atoms with van der Waals surface area (Å²) >= 11 is 0. The van der Waals surface area contributed by atoms with Gasteiger partial charge in [-0.3, -0.25) is 4.90 Å². The van der Waals surface area contributed by atoms with Gasteiger partial charge in [-0.05, 0) is 125 Å². The highest BCUT2D eigenvalue weighted by Gasteiger charge is 2.31. The normalized spacial score (nSPS) is 11.3. The molecule has 0 saturated heterocycles. The van der Waals surface area contributed by atoms with Crippen molar-refractivity contribution in [3.8, 4) is 45.3 Å². The van der Waals surface area contributed by atoms with Gasteiger partial charge in [-0.25, -0.2) is 19.9 Å². The molecule has 0 unspecified atom stereocenters. The van der Waals surface area contributed by atoms with E-state index in [2.05, 4.69) is 206 Å². The zero-order valence-electron chi connectivity index (χ0n) is 41.8. The molecule has 6 heteroatoms. The van der Waals surface area contributed by atoms with E-state index in [1.165, 1.54) is 55.9 Å². The average molecular weight is 911 g/mol. The number of fused-ring (bicyclic) bond motifs is 1. The molecule has 0 spiro atoms. The molecule has 0 aliphatic heterocycles. The van der Waals surface area contributed by atoms with Crippen molar-refractivity contribution in [3.05, 3.63) is 225 Å². The second kappa shape index (κ2) is 18.7. The maximum atomic E-state index is 5.61. The van der Waals surface area contributed by atoms with Crippen LogP contribution in [0.15, 0.2) is 170 Å². The van der Waals surface area contributed by atoms with E-state index in [4.69, 9.17) is 19.9 Å². The van der Waals surface area contributed by atoms with Crippen molar-refractivity contribution in [3.63, 3.8) is 0 Å². The van der Waals surface area contributed by atoms with Crippen LogP contribution < -0.4 is 9.80 Å². The van der Waals surface area contributed by atoms with Crippen LogP contribution in [0.5, 0.6) is 0 Å². The smallest absolute Gasteiger partial charge is 0.162 e. The van der Waals surface area contributed by atoms with Crippen LogP contribution in [0, 0.1) is 69.2 Å². The third-order valence-corrected chi connectivity index (χ3v) is 13.8. The molecule has 0 aliphatic rings. The summed E-state index contributed by atoms with van der Waals surface area (Å²) in [6.45, 7) is 22.4. The summed E-state index contributed by atoms with van der Waals surface area (Å²) in [5, 5.41) is 2.26. The van der Waals surface area contributed by atoms with E-state index < -0.39 is 0 Å². The first-order valence-electron chi connectivity index (χ1n) is 24.1. The number of rotatable bonds is 10. The molecular weight excluding hydrogens is 853 g/mol. The Balaban J connectivity index is 1.36. The molecule has 0 bridgehead atoms. The molecule has 0 saturated carbocycles. The Morgan fingerprint density at radius 2 is 0.729 bits per heavy atom. The van der Waals surface area contributed by atoms with E-state index in [-0.39, 0.29) is 0 Å². The Bertz CT molecular complexity index is 3430. The first-order chi connectivity index (χ1) is 33.9. The Kier molecular flexibility index (Phi) is 12.2. The predicted octanol–water partition coefficient (Wildman–Crippen LogP) is 17.1. The van der Waals surface area contributed by atoms with Gasteiger partial charge < -0.3 is 4.90 Å². The van der Waals surface area contributed by atoms with Crippen molar-refractivity contribution in [2.24, 2.45) is 0 Å². The molecule has 0 amide bonds. The largest absolute Gasteiger partial charge is 0.309 e. The number of anilines is 6. The predicted molar refractivity (Wildman–Crippen MR) is 294 cm³/mol. The lowest BCUT2D eigenvalue weighted by molar-refractivity contribution is 1.05. The van der Waals surface area contributed by atoms with Gasteiger partial charge in [0.2, 0.25) is 0 Å². The summed E-state index contributed by atoms with van der Waals surface area (Å²) in [7, 11) is 0. The lowest BCUT2D eigenvalue weighted by Crippen LogP contribution is -2.22. The molecule has 8 aromatic carbocycles. The quantitative estimate of drug-likeness (QED) is 0.136. The van der Waals surface area contributed by atoms with Crippen molar-refractivity contribution < 1.29 is 0 Å². The van der Waals surface area contributed by atoms with Gasteiger partial charge in [-0.15, -0.1) is 0 Å². The molecule has 0 radical (unpaired) electrons. The molecule has 2 heterocycles. The molecular formula is C64H58N6. The van der Waals surface area contributed by atoms with Crippen LogP contribution in [0.1, 0.15) is 55.6 Å². The number of aromatic nitrogens is 4. The fraction of sp³-hybridized carbons (Fsp3) is 0.156. The summed E-state index contributed by atoms with van der Waals surface area (Å²) in [6, 6.07) is 59.4. The molecule has 70 heavy (non-hydrogen) atoms. The fourth-order valence-electron chi connectivity index (χ4n) is 10.6.